The highest BCUT2D eigenvalue weighted by Gasteiger charge is 2.15. The minimum atomic E-state index is -0.939. The number of ether oxygens (including phenoxy) is 2. The number of aryl methyl sites for hydroxylation is 1. The van der Waals surface area contributed by atoms with Gasteiger partial charge < -0.3 is 14.8 Å². The fourth-order valence-corrected chi connectivity index (χ4v) is 3.63. The van der Waals surface area contributed by atoms with Gasteiger partial charge >= 0.3 is 17.8 Å². The van der Waals surface area contributed by atoms with Crippen LogP contribution >= 0.6 is 0 Å². The highest BCUT2D eigenvalue weighted by Crippen LogP contribution is 2.27. The number of hydrogen-bond acceptors (Lipinski definition) is 6. The summed E-state index contributed by atoms with van der Waals surface area (Å²) in [4.78, 5) is 37.3. The van der Waals surface area contributed by atoms with Gasteiger partial charge in [0.05, 0.1) is 18.4 Å². The molecule has 4 aromatic rings. The standard InChI is InChI=1S/C29H25N3O5/c1-3-36-23-14-11-21(12-15-23)29(35)37-26-16-13-20-8-4-5-10-24(20)25(26)18-30-32-28(34)27(33)31-22-9-6-7-19(2)17-22/h4-18H,3H2,1-2H3,(H,31,33)(H,32,34)/b30-18+. The number of hydrazone groups is 1. The average molecular weight is 496 g/mol. The SMILES string of the molecule is CCOc1ccc(C(=O)Oc2ccc3ccccc3c2/C=N/NC(=O)C(=O)Nc2cccc(C)c2)cc1. The molecule has 8 nitrogen and oxygen atoms in total. The van der Waals surface area contributed by atoms with Crippen molar-refractivity contribution in [1.82, 2.24) is 5.43 Å². The quantitative estimate of drug-likeness (QED) is 0.125. The van der Waals surface area contributed by atoms with E-state index in [2.05, 4.69) is 15.8 Å². The smallest absolute Gasteiger partial charge is 0.343 e. The lowest BCUT2D eigenvalue weighted by molar-refractivity contribution is -0.136. The molecule has 0 aromatic heterocycles. The molecule has 0 bridgehead atoms. The Morgan fingerprint density at radius 1 is 0.892 bits per heavy atom. The first-order valence-electron chi connectivity index (χ1n) is 11.6. The van der Waals surface area contributed by atoms with Gasteiger partial charge in [-0.2, -0.15) is 5.10 Å². The van der Waals surface area contributed by atoms with Crippen LogP contribution in [0.3, 0.4) is 0 Å². The summed E-state index contributed by atoms with van der Waals surface area (Å²) >= 11 is 0. The second-order valence-corrected chi connectivity index (χ2v) is 8.07. The van der Waals surface area contributed by atoms with E-state index in [0.29, 0.717) is 29.2 Å². The maximum Gasteiger partial charge on any atom is 0.343 e. The Kier molecular flexibility index (Phi) is 7.90. The minimum Gasteiger partial charge on any atom is -0.494 e. The van der Waals surface area contributed by atoms with Crippen LogP contribution in [0.25, 0.3) is 10.8 Å². The van der Waals surface area contributed by atoms with Gasteiger partial charge in [0.15, 0.2) is 0 Å². The topological polar surface area (TPSA) is 106 Å². The Morgan fingerprint density at radius 2 is 1.68 bits per heavy atom. The Hall–Kier alpha value is -4.98. The van der Waals surface area contributed by atoms with Crippen LogP contribution in [-0.2, 0) is 9.59 Å². The van der Waals surface area contributed by atoms with Crippen LogP contribution in [0.1, 0.15) is 28.4 Å². The molecule has 2 N–H and O–H groups in total. The van der Waals surface area contributed by atoms with E-state index < -0.39 is 17.8 Å². The number of nitrogens with zero attached hydrogens (tertiary/aromatic N) is 1. The summed E-state index contributed by atoms with van der Waals surface area (Å²) in [5, 5.41) is 8.11. The summed E-state index contributed by atoms with van der Waals surface area (Å²) in [5.74, 6) is -1.46. The molecule has 0 spiro atoms. The molecule has 37 heavy (non-hydrogen) atoms. The fraction of sp³-hybridized carbons (Fsp3) is 0.103. The first-order chi connectivity index (χ1) is 17.9. The lowest BCUT2D eigenvalue weighted by Crippen LogP contribution is -2.32. The second-order valence-electron chi connectivity index (χ2n) is 8.07. The molecule has 0 aliphatic rings. The summed E-state index contributed by atoms with van der Waals surface area (Å²) in [6.45, 7) is 4.28. The monoisotopic (exact) mass is 495 g/mol. The molecule has 4 rings (SSSR count). The molecule has 0 saturated carbocycles. The summed E-state index contributed by atoms with van der Waals surface area (Å²) in [6, 6.07) is 24.7. The first kappa shape index (κ1) is 25.1. The summed E-state index contributed by atoms with van der Waals surface area (Å²) in [5.41, 5.74) is 4.49. The third kappa shape index (κ3) is 6.37. The maximum atomic E-state index is 12.8. The number of rotatable bonds is 7. The van der Waals surface area contributed by atoms with Gasteiger partial charge in [-0.1, -0.05) is 42.5 Å². The van der Waals surface area contributed by atoms with E-state index >= 15 is 0 Å². The van der Waals surface area contributed by atoms with Crippen molar-refractivity contribution in [3.8, 4) is 11.5 Å². The summed E-state index contributed by atoms with van der Waals surface area (Å²) in [6.07, 6.45) is 1.35. The highest BCUT2D eigenvalue weighted by atomic mass is 16.5. The maximum absolute atomic E-state index is 12.8. The molecule has 8 heteroatoms. The number of benzene rings is 4. The molecule has 0 aliphatic heterocycles. The van der Waals surface area contributed by atoms with Crippen LogP contribution in [0.4, 0.5) is 5.69 Å². The van der Waals surface area contributed by atoms with Gasteiger partial charge in [0.2, 0.25) is 0 Å². The zero-order valence-electron chi connectivity index (χ0n) is 20.4. The van der Waals surface area contributed by atoms with E-state index in [4.69, 9.17) is 9.47 Å². The Morgan fingerprint density at radius 3 is 2.43 bits per heavy atom. The number of nitrogens with one attached hydrogen (secondary N) is 2. The van der Waals surface area contributed by atoms with Crippen LogP contribution in [0.15, 0.2) is 90.0 Å². The number of fused-ring (bicyclic) bond motifs is 1. The lowest BCUT2D eigenvalue weighted by Gasteiger charge is -2.11. The Bertz CT molecular complexity index is 1480. The molecule has 0 heterocycles. The second kappa shape index (κ2) is 11.6. The molecule has 0 radical (unpaired) electrons. The normalized spacial score (nSPS) is 10.8. The molecule has 0 fully saturated rings. The van der Waals surface area contributed by atoms with Gasteiger partial charge in [0.25, 0.3) is 0 Å². The number of anilines is 1. The molecule has 2 amide bonds. The number of carbonyl (C=O) groups is 3. The Labute approximate surface area is 213 Å². The molecule has 186 valence electrons. The van der Waals surface area contributed by atoms with Gasteiger partial charge in [0.1, 0.15) is 11.5 Å². The molecular formula is C29H25N3O5. The van der Waals surface area contributed by atoms with Crippen LogP contribution in [0, 0.1) is 6.92 Å². The predicted octanol–water partition coefficient (Wildman–Crippen LogP) is 4.85. The van der Waals surface area contributed by atoms with E-state index in [1.54, 1.807) is 48.5 Å². The third-order valence-electron chi connectivity index (χ3n) is 5.38. The van der Waals surface area contributed by atoms with E-state index in [-0.39, 0.29) is 5.75 Å². The van der Waals surface area contributed by atoms with Crippen molar-refractivity contribution in [2.75, 3.05) is 11.9 Å². The number of amides is 2. The van der Waals surface area contributed by atoms with Crippen LogP contribution in [-0.4, -0.2) is 30.6 Å². The highest BCUT2D eigenvalue weighted by molar-refractivity contribution is 6.39. The number of hydrogen-bond donors (Lipinski definition) is 2. The van der Waals surface area contributed by atoms with Crippen molar-refractivity contribution < 1.29 is 23.9 Å². The van der Waals surface area contributed by atoms with Crippen LogP contribution in [0.5, 0.6) is 11.5 Å². The van der Waals surface area contributed by atoms with Crippen molar-refractivity contribution >= 4 is 40.5 Å². The fourth-order valence-electron chi connectivity index (χ4n) is 3.63. The molecule has 4 aromatic carbocycles. The lowest BCUT2D eigenvalue weighted by atomic mass is 10.0. The van der Waals surface area contributed by atoms with Gasteiger partial charge in [-0.3, -0.25) is 9.59 Å². The van der Waals surface area contributed by atoms with E-state index in [1.807, 2.05) is 50.2 Å². The number of carbonyl (C=O) groups excluding carboxylic acids is 3. The van der Waals surface area contributed by atoms with Crippen molar-refractivity contribution in [3.05, 3.63) is 102 Å². The minimum absolute atomic E-state index is 0.250. The summed E-state index contributed by atoms with van der Waals surface area (Å²) < 4.78 is 11.1. The number of esters is 1. The van der Waals surface area contributed by atoms with E-state index in [1.165, 1.54) is 6.21 Å². The van der Waals surface area contributed by atoms with E-state index in [0.717, 1.165) is 16.3 Å². The van der Waals surface area contributed by atoms with Crippen molar-refractivity contribution in [3.63, 3.8) is 0 Å². The van der Waals surface area contributed by atoms with Gasteiger partial charge in [-0.15, -0.1) is 0 Å². The van der Waals surface area contributed by atoms with Gasteiger partial charge in [-0.05, 0) is 72.6 Å². The van der Waals surface area contributed by atoms with Gasteiger partial charge in [-0.25, -0.2) is 10.2 Å². The molecule has 0 unspecified atom stereocenters. The third-order valence-corrected chi connectivity index (χ3v) is 5.38. The van der Waals surface area contributed by atoms with Crippen LogP contribution < -0.4 is 20.2 Å². The predicted molar refractivity (Wildman–Crippen MR) is 142 cm³/mol. The largest absolute Gasteiger partial charge is 0.494 e. The molecule has 0 atom stereocenters. The van der Waals surface area contributed by atoms with Crippen molar-refractivity contribution in [2.45, 2.75) is 13.8 Å². The van der Waals surface area contributed by atoms with Crippen molar-refractivity contribution in [2.24, 2.45) is 5.10 Å². The molecular weight excluding hydrogens is 470 g/mol. The first-order valence-corrected chi connectivity index (χ1v) is 11.6. The average Bonchev–Trinajstić information content (AvgIpc) is 2.90. The van der Waals surface area contributed by atoms with Crippen molar-refractivity contribution in [1.29, 1.82) is 0 Å². The van der Waals surface area contributed by atoms with Gasteiger partial charge in [0, 0.05) is 11.3 Å². The van der Waals surface area contributed by atoms with E-state index in [9.17, 15) is 14.4 Å². The zero-order chi connectivity index (χ0) is 26.2. The summed E-state index contributed by atoms with van der Waals surface area (Å²) in [7, 11) is 0. The zero-order valence-corrected chi connectivity index (χ0v) is 20.4. The molecule has 0 saturated heterocycles. The molecule has 0 aliphatic carbocycles. The Balaban J connectivity index is 1.52. The van der Waals surface area contributed by atoms with Crippen LogP contribution in [0.2, 0.25) is 0 Å².